The molecule has 3 fully saturated rings. The Hall–Kier alpha value is -6.56. The molecule has 0 radical (unpaired) electrons. The van der Waals surface area contributed by atoms with Crippen LogP contribution in [0.25, 0.3) is 21.9 Å². The van der Waals surface area contributed by atoms with Gasteiger partial charge in [-0.05, 0) is 76.8 Å². The summed E-state index contributed by atoms with van der Waals surface area (Å²) in [5.41, 5.74) is 5.02. The number of imide groups is 1. The number of aryl methyl sites for hydroxylation is 1. The number of rotatable bonds is 13. The van der Waals surface area contributed by atoms with E-state index in [0.29, 0.717) is 104 Å². The third-order valence-electron chi connectivity index (χ3n) is 12.6. The molecule has 3 saturated heterocycles. The van der Waals surface area contributed by atoms with Gasteiger partial charge in [-0.15, -0.1) is 0 Å². The van der Waals surface area contributed by atoms with Gasteiger partial charge in [0, 0.05) is 112 Å². The standard InChI is InChI=1S/C48H53BrFN12O5P/c1-58-28-31(26-52-58)34-24-39(55-48-51-27-35(49)46(57-48)54-37-11-9-30-7-5-6-8-33(30)45(37)68(3,4)66)42(67-2)25-41(34)61-19-21-62(22-20-61)44(64)29-59-15-17-60(18-16-59)40-13-10-32(23-36(40)50)53-38-12-14-43(63)56-47(38)65/h5-11,13,23-28,38,53H,12,14-22,29H2,1-4H3,(H,56,63,65)(H2,51,54,55,57). The zero-order valence-electron chi connectivity index (χ0n) is 38.3. The molecule has 354 valence electrons. The summed E-state index contributed by atoms with van der Waals surface area (Å²) in [7, 11) is 0.763. The molecule has 4 aromatic carbocycles. The van der Waals surface area contributed by atoms with E-state index >= 15 is 4.39 Å². The van der Waals surface area contributed by atoms with Gasteiger partial charge in [-0.2, -0.15) is 10.1 Å². The van der Waals surface area contributed by atoms with E-state index in [2.05, 4.69) is 57.1 Å². The number of aromatic nitrogens is 4. The van der Waals surface area contributed by atoms with Gasteiger partial charge in [0.2, 0.25) is 23.7 Å². The summed E-state index contributed by atoms with van der Waals surface area (Å²) < 4.78 is 37.4. The lowest BCUT2D eigenvalue weighted by molar-refractivity contribution is -0.134. The number of benzene rings is 4. The van der Waals surface area contributed by atoms with Crippen LogP contribution in [-0.4, -0.2) is 133 Å². The first-order valence-corrected chi connectivity index (χ1v) is 25.8. The minimum atomic E-state index is -2.73. The minimum Gasteiger partial charge on any atom is -0.494 e. The van der Waals surface area contributed by atoms with Gasteiger partial charge in [-0.3, -0.25) is 29.3 Å². The van der Waals surface area contributed by atoms with E-state index < -0.39 is 24.9 Å². The van der Waals surface area contributed by atoms with Crippen LogP contribution in [0.1, 0.15) is 12.8 Å². The summed E-state index contributed by atoms with van der Waals surface area (Å²) >= 11 is 3.61. The Kier molecular flexibility index (Phi) is 13.4. The Morgan fingerprint density at radius 1 is 0.912 bits per heavy atom. The first-order chi connectivity index (χ1) is 32.7. The third-order valence-corrected chi connectivity index (χ3v) is 14.7. The van der Waals surface area contributed by atoms with E-state index in [1.807, 2.05) is 77.8 Å². The molecule has 3 amide bonds. The summed E-state index contributed by atoms with van der Waals surface area (Å²) in [5, 5.41) is 19.3. The Labute approximate surface area is 401 Å². The van der Waals surface area contributed by atoms with Gasteiger partial charge in [0.25, 0.3) is 0 Å². The molecule has 6 aromatic rings. The van der Waals surface area contributed by atoms with Crippen LogP contribution in [0.3, 0.4) is 0 Å². The van der Waals surface area contributed by atoms with E-state index in [9.17, 15) is 18.9 Å². The van der Waals surface area contributed by atoms with Gasteiger partial charge in [0.05, 0.1) is 41.4 Å². The highest BCUT2D eigenvalue weighted by Crippen LogP contribution is 2.43. The van der Waals surface area contributed by atoms with Crippen LogP contribution in [0.4, 0.5) is 44.6 Å². The molecule has 9 rings (SSSR count). The Bertz CT molecular complexity index is 2950. The van der Waals surface area contributed by atoms with Gasteiger partial charge >= 0.3 is 0 Å². The van der Waals surface area contributed by atoms with Crippen molar-refractivity contribution in [3.8, 4) is 16.9 Å². The van der Waals surface area contributed by atoms with Crippen LogP contribution in [0.15, 0.2) is 89.8 Å². The van der Waals surface area contributed by atoms with E-state index in [0.717, 1.165) is 32.9 Å². The summed E-state index contributed by atoms with van der Waals surface area (Å²) in [5.74, 6) is 0.311. The second-order valence-electron chi connectivity index (χ2n) is 17.6. The lowest BCUT2D eigenvalue weighted by Crippen LogP contribution is -2.54. The van der Waals surface area contributed by atoms with E-state index in [-0.39, 0.29) is 24.8 Å². The van der Waals surface area contributed by atoms with Crippen molar-refractivity contribution in [3.63, 3.8) is 0 Å². The number of piperidine rings is 1. The monoisotopic (exact) mass is 1010 g/mol. The zero-order chi connectivity index (χ0) is 47.7. The second kappa shape index (κ2) is 19.6. The fourth-order valence-electron chi connectivity index (χ4n) is 9.11. The summed E-state index contributed by atoms with van der Waals surface area (Å²) in [4.78, 5) is 55.0. The van der Waals surface area contributed by atoms with Crippen molar-refractivity contribution < 1.29 is 28.1 Å². The molecule has 20 heteroatoms. The molecule has 68 heavy (non-hydrogen) atoms. The van der Waals surface area contributed by atoms with Gasteiger partial charge in [0.1, 0.15) is 30.6 Å². The summed E-state index contributed by atoms with van der Waals surface area (Å²) in [6.45, 7) is 8.39. The predicted molar refractivity (Wildman–Crippen MR) is 268 cm³/mol. The first kappa shape index (κ1) is 46.5. The van der Waals surface area contributed by atoms with Gasteiger partial charge < -0.3 is 40.0 Å². The average Bonchev–Trinajstić information content (AvgIpc) is 3.76. The van der Waals surface area contributed by atoms with Crippen molar-refractivity contribution in [3.05, 3.63) is 95.6 Å². The molecule has 3 aliphatic heterocycles. The van der Waals surface area contributed by atoms with Crippen molar-refractivity contribution in [2.24, 2.45) is 7.05 Å². The van der Waals surface area contributed by atoms with E-state index in [1.165, 1.54) is 6.07 Å². The third kappa shape index (κ3) is 10.1. The molecule has 3 aliphatic rings. The lowest BCUT2D eigenvalue weighted by Gasteiger charge is -2.39. The number of ether oxygens (including phenoxy) is 1. The molecule has 1 unspecified atom stereocenters. The maximum absolute atomic E-state index is 15.3. The fourth-order valence-corrected chi connectivity index (χ4v) is 10.9. The van der Waals surface area contributed by atoms with Crippen molar-refractivity contribution >= 4 is 97.1 Å². The quantitative estimate of drug-likeness (QED) is 0.0741. The smallest absolute Gasteiger partial charge is 0.249 e. The molecule has 2 aromatic heterocycles. The fraction of sp³-hybridized carbons (Fsp3) is 0.333. The maximum atomic E-state index is 15.3. The predicted octanol–water partition coefficient (Wildman–Crippen LogP) is 6.36. The number of hydrogen-bond acceptors (Lipinski definition) is 14. The molecule has 17 nitrogen and oxygen atoms in total. The molecule has 5 heterocycles. The number of amides is 3. The molecule has 0 bridgehead atoms. The number of carbonyl (C=O) groups excluding carboxylic acids is 3. The Balaban J connectivity index is 0.848. The number of hydrogen-bond donors (Lipinski definition) is 4. The van der Waals surface area contributed by atoms with Crippen LogP contribution < -0.4 is 41.1 Å². The highest BCUT2D eigenvalue weighted by atomic mass is 79.9. The second-order valence-corrected chi connectivity index (χ2v) is 21.6. The largest absolute Gasteiger partial charge is 0.494 e. The number of anilines is 7. The summed E-state index contributed by atoms with van der Waals surface area (Å²) in [6, 6.07) is 20.1. The van der Waals surface area contributed by atoms with Crippen LogP contribution in [0.5, 0.6) is 5.75 Å². The highest BCUT2D eigenvalue weighted by molar-refractivity contribution is 9.10. The van der Waals surface area contributed by atoms with Crippen molar-refractivity contribution in [2.75, 3.05) is 105 Å². The SMILES string of the molecule is COc1cc(N2CCN(C(=O)CN3CCN(c4ccc(NC5CCC(=O)NC5=O)cc4F)CC3)CC2)c(-c2cnn(C)c2)cc1Nc1ncc(Br)c(Nc2ccc3ccccc3c2P(C)(C)=O)n1. The maximum Gasteiger partial charge on any atom is 0.249 e. The number of halogens is 2. The highest BCUT2D eigenvalue weighted by Gasteiger charge is 2.30. The first-order valence-electron chi connectivity index (χ1n) is 22.5. The number of methoxy groups -OCH3 is 1. The van der Waals surface area contributed by atoms with Gasteiger partial charge in [-0.25, -0.2) is 9.37 Å². The minimum absolute atomic E-state index is 0.0522. The van der Waals surface area contributed by atoms with Crippen LogP contribution in [-0.2, 0) is 26.0 Å². The van der Waals surface area contributed by atoms with Crippen molar-refractivity contribution in [1.82, 2.24) is 34.9 Å². The van der Waals surface area contributed by atoms with Crippen LogP contribution in [0, 0.1) is 5.82 Å². The molecular weight excluding hydrogens is 954 g/mol. The number of nitrogens with one attached hydrogen (secondary N) is 4. The normalized spacial score (nSPS) is 17.0. The van der Waals surface area contributed by atoms with Gasteiger partial charge in [0.15, 0.2) is 0 Å². The Morgan fingerprint density at radius 2 is 1.66 bits per heavy atom. The van der Waals surface area contributed by atoms with Crippen LogP contribution >= 0.6 is 23.1 Å². The molecule has 0 spiro atoms. The lowest BCUT2D eigenvalue weighted by atomic mass is 10.0. The number of nitrogens with zero attached hydrogens (tertiary/aromatic N) is 8. The zero-order valence-corrected chi connectivity index (χ0v) is 40.7. The molecule has 1 atom stereocenters. The number of carbonyl (C=O) groups is 3. The van der Waals surface area contributed by atoms with E-state index in [4.69, 9.17) is 9.72 Å². The van der Waals surface area contributed by atoms with Gasteiger partial charge in [-0.1, -0.05) is 30.3 Å². The molecular formula is C48H53BrFN12O5P. The number of fused-ring (bicyclic) bond motifs is 1. The molecule has 0 saturated carbocycles. The van der Waals surface area contributed by atoms with Crippen molar-refractivity contribution in [2.45, 2.75) is 18.9 Å². The summed E-state index contributed by atoms with van der Waals surface area (Å²) in [6.07, 6.45) is 6.02. The topological polar surface area (TPSA) is 182 Å². The average molecular weight is 1010 g/mol. The van der Waals surface area contributed by atoms with Crippen LogP contribution in [0.2, 0.25) is 0 Å². The number of piperazine rings is 2. The Morgan fingerprint density at radius 3 is 2.37 bits per heavy atom. The molecule has 0 aliphatic carbocycles. The molecule has 4 N–H and O–H groups in total. The van der Waals surface area contributed by atoms with Crippen molar-refractivity contribution in [1.29, 1.82) is 0 Å². The van der Waals surface area contributed by atoms with E-state index in [1.54, 1.807) is 43.5 Å².